The van der Waals surface area contributed by atoms with Crippen LogP contribution in [0, 0.1) is 6.07 Å². The largest absolute Gasteiger partial charge is 0.377 e. The molecule has 2 aromatic rings. The van der Waals surface area contributed by atoms with Gasteiger partial charge in [0.1, 0.15) is 0 Å². The van der Waals surface area contributed by atoms with E-state index in [2.05, 4.69) is 47.4 Å². The summed E-state index contributed by atoms with van der Waals surface area (Å²) < 4.78 is 0. The average molecular weight is 239 g/mol. The predicted octanol–water partition coefficient (Wildman–Crippen LogP) is 2.60. The van der Waals surface area contributed by atoms with Crippen LogP contribution in [0.15, 0.2) is 42.5 Å². The average Bonchev–Trinajstić information content (AvgIpc) is 2.39. The first-order valence-electron chi connectivity index (χ1n) is 6.15. The molecule has 0 atom stereocenters. The van der Waals surface area contributed by atoms with Gasteiger partial charge in [0.2, 0.25) is 0 Å². The molecule has 2 rings (SSSR count). The first kappa shape index (κ1) is 12.7. The van der Waals surface area contributed by atoms with Gasteiger partial charge in [-0.3, -0.25) is 0 Å². The molecule has 0 amide bonds. The zero-order chi connectivity index (χ0) is 13.0. The van der Waals surface area contributed by atoms with E-state index in [0.29, 0.717) is 6.54 Å². The maximum atomic E-state index is 5.66. The van der Waals surface area contributed by atoms with E-state index in [4.69, 9.17) is 5.73 Å². The third kappa shape index (κ3) is 3.11. The van der Waals surface area contributed by atoms with Gasteiger partial charge in [0.25, 0.3) is 0 Å². The van der Waals surface area contributed by atoms with E-state index in [-0.39, 0.29) is 0 Å². The number of benzene rings is 2. The van der Waals surface area contributed by atoms with Crippen LogP contribution in [0.5, 0.6) is 0 Å². The van der Waals surface area contributed by atoms with Gasteiger partial charge >= 0.3 is 0 Å². The topological polar surface area (TPSA) is 29.3 Å². The molecule has 0 spiro atoms. The highest BCUT2D eigenvalue weighted by Gasteiger charge is 2.00. The van der Waals surface area contributed by atoms with Gasteiger partial charge in [-0.1, -0.05) is 36.4 Å². The highest BCUT2D eigenvalue weighted by molar-refractivity contribution is 5.47. The van der Waals surface area contributed by atoms with Crippen LogP contribution < -0.4 is 10.6 Å². The molecular formula is C16H19N2. The molecule has 2 N–H and O–H groups in total. The Balaban J connectivity index is 2.20. The monoisotopic (exact) mass is 239 g/mol. The van der Waals surface area contributed by atoms with E-state index in [1.54, 1.807) is 0 Å². The smallest absolute Gasteiger partial charge is 0.0444 e. The Morgan fingerprint density at radius 3 is 2.50 bits per heavy atom. The molecule has 0 aliphatic carbocycles. The minimum atomic E-state index is 0.597. The van der Waals surface area contributed by atoms with Crippen molar-refractivity contribution < 1.29 is 0 Å². The Morgan fingerprint density at radius 2 is 1.78 bits per heavy atom. The molecule has 0 unspecified atom stereocenters. The maximum Gasteiger partial charge on any atom is 0.0444 e. The lowest BCUT2D eigenvalue weighted by Crippen LogP contribution is -2.08. The Bertz CT molecular complexity index is 518. The molecule has 0 heterocycles. The van der Waals surface area contributed by atoms with Gasteiger partial charge in [-0.05, 0) is 29.2 Å². The second-order valence-corrected chi connectivity index (χ2v) is 4.68. The van der Waals surface area contributed by atoms with Crippen LogP contribution in [0.3, 0.4) is 0 Å². The van der Waals surface area contributed by atoms with Crippen molar-refractivity contribution in [1.29, 1.82) is 0 Å². The van der Waals surface area contributed by atoms with Crippen molar-refractivity contribution in [3.05, 3.63) is 65.2 Å². The fraction of sp³-hybridized carbons (Fsp3) is 0.250. The lowest BCUT2D eigenvalue weighted by Gasteiger charge is -2.13. The molecular weight excluding hydrogens is 220 g/mol. The van der Waals surface area contributed by atoms with Gasteiger partial charge in [-0.25, -0.2) is 0 Å². The van der Waals surface area contributed by atoms with E-state index in [1.165, 1.54) is 16.7 Å². The van der Waals surface area contributed by atoms with Crippen molar-refractivity contribution >= 4 is 5.69 Å². The Labute approximate surface area is 109 Å². The van der Waals surface area contributed by atoms with Crippen molar-refractivity contribution in [2.75, 3.05) is 19.0 Å². The van der Waals surface area contributed by atoms with E-state index in [0.717, 1.165) is 12.1 Å². The summed E-state index contributed by atoms with van der Waals surface area (Å²) >= 11 is 0. The van der Waals surface area contributed by atoms with Crippen LogP contribution >= 0.6 is 0 Å². The predicted molar refractivity (Wildman–Crippen MR) is 76.7 cm³/mol. The molecule has 0 fully saturated rings. The third-order valence-electron chi connectivity index (χ3n) is 2.97. The molecule has 1 radical (unpaired) electrons. The summed E-state index contributed by atoms with van der Waals surface area (Å²) in [7, 11) is 4.06. The first-order valence-corrected chi connectivity index (χ1v) is 6.15. The lowest BCUT2D eigenvalue weighted by molar-refractivity contribution is 1.05. The SMILES string of the molecule is CN(C)c1[c]ccc(Cc2cccc(CN)c2)c1. The fourth-order valence-corrected chi connectivity index (χ4v) is 1.97. The Morgan fingerprint density at radius 1 is 1.06 bits per heavy atom. The van der Waals surface area contributed by atoms with E-state index in [9.17, 15) is 0 Å². The quantitative estimate of drug-likeness (QED) is 0.888. The molecule has 2 aromatic carbocycles. The van der Waals surface area contributed by atoms with Gasteiger partial charge in [-0.2, -0.15) is 0 Å². The number of hydrogen-bond acceptors (Lipinski definition) is 2. The lowest BCUT2D eigenvalue weighted by atomic mass is 10.0. The first-order chi connectivity index (χ1) is 8.69. The third-order valence-corrected chi connectivity index (χ3v) is 2.97. The van der Waals surface area contributed by atoms with Crippen LogP contribution in [0.25, 0.3) is 0 Å². The standard InChI is InChI=1S/C16H19N2/c1-18(2)16-8-4-6-14(11-16)9-13-5-3-7-15(10-13)12-17/h3-7,10-11H,9,12,17H2,1-2H3. The van der Waals surface area contributed by atoms with Gasteiger partial charge in [0, 0.05) is 32.4 Å². The second-order valence-electron chi connectivity index (χ2n) is 4.68. The maximum absolute atomic E-state index is 5.66. The van der Waals surface area contributed by atoms with Gasteiger partial charge in [0.05, 0.1) is 0 Å². The van der Waals surface area contributed by atoms with Crippen LogP contribution in [0.1, 0.15) is 16.7 Å². The fourth-order valence-electron chi connectivity index (χ4n) is 1.97. The number of rotatable bonds is 4. The summed E-state index contributed by atoms with van der Waals surface area (Å²) in [6.07, 6.45) is 0.934. The van der Waals surface area contributed by atoms with Gasteiger partial charge in [0.15, 0.2) is 0 Å². The zero-order valence-electron chi connectivity index (χ0n) is 11.0. The zero-order valence-corrected chi connectivity index (χ0v) is 11.0. The molecule has 2 nitrogen and oxygen atoms in total. The van der Waals surface area contributed by atoms with Crippen molar-refractivity contribution in [3.63, 3.8) is 0 Å². The Hall–Kier alpha value is -1.80. The highest BCUT2D eigenvalue weighted by Crippen LogP contribution is 2.16. The summed E-state index contributed by atoms with van der Waals surface area (Å²) in [5, 5.41) is 0. The van der Waals surface area contributed by atoms with Gasteiger partial charge in [-0.15, -0.1) is 0 Å². The summed E-state index contributed by atoms with van der Waals surface area (Å²) in [6, 6.07) is 17.9. The number of anilines is 1. The molecule has 93 valence electrons. The minimum absolute atomic E-state index is 0.597. The second kappa shape index (κ2) is 5.69. The van der Waals surface area contributed by atoms with E-state index < -0.39 is 0 Å². The minimum Gasteiger partial charge on any atom is -0.377 e. The molecule has 0 aromatic heterocycles. The highest BCUT2D eigenvalue weighted by atomic mass is 15.1. The summed E-state index contributed by atoms with van der Waals surface area (Å²) in [4.78, 5) is 2.07. The van der Waals surface area contributed by atoms with Crippen LogP contribution in [0.2, 0.25) is 0 Å². The van der Waals surface area contributed by atoms with Crippen LogP contribution in [-0.4, -0.2) is 14.1 Å². The molecule has 18 heavy (non-hydrogen) atoms. The van der Waals surface area contributed by atoms with Crippen molar-refractivity contribution in [1.82, 2.24) is 0 Å². The molecule has 0 saturated carbocycles. The van der Waals surface area contributed by atoms with Crippen molar-refractivity contribution in [3.8, 4) is 0 Å². The number of hydrogen-bond donors (Lipinski definition) is 1. The normalized spacial score (nSPS) is 10.4. The van der Waals surface area contributed by atoms with Crippen LogP contribution in [-0.2, 0) is 13.0 Å². The number of nitrogens with two attached hydrogens (primary N) is 1. The van der Waals surface area contributed by atoms with E-state index in [1.807, 2.05) is 20.2 Å². The summed E-state index contributed by atoms with van der Waals surface area (Å²) in [5.74, 6) is 0. The van der Waals surface area contributed by atoms with Crippen molar-refractivity contribution in [2.24, 2.45) is 5.73 Å². The van der Waals surface area contributed by atoms with Crippen LogP contribution in [0.4, 0.5) is 5.69 Å². The molecule has 2 heteroatoms. The number of nitrogens with zero attached hydrogens (tertiary/aromatic N) is 1. The summed E-state index contributed by atoms with van der Waals surface area (Å²) in [5.41, 5.74) is 10.6. The molecule has 0 aliphatic rings. The molecule has 0 saturated heterocycles. The van der Waals surface area contributed by atoms with Crippen molar-refractivity contribution in [2.45, 2.75) is 13.0 Å². The molecule has 0 aliphatic heterocycles. The van der Waals surface area contributed by atoms with E-state index >= 15 is 0 Å². The Kier molecular flexibility index (Phi) is 4.00. The summed E-state index contributed by atoms with van der Waals surface area (Å²) in [6.45, 7) is 0.597. The van der Waals surface area contributed by atoms with Gasteiger partial charge < -0.3 is 10.6 Å². The molecule has 0 bridgehead atoms.